The molecule has 0 aliphatic carbocycles. The van der Waals surface area contributed by atoms with Crippen molar-refractivity contribution in [3.63, 3.8) is 0 Å². The Morgan fingerprint density at radius 2 is 2.50 bits per heavy atom. The van der Waals surface area contributed by atoms with Gasteiger partial charge in [-0.05, 0) is 17.6 Å². The van der Waals surface area contributed by atoms with Crippen molar-refractivity contribution in [2.24, 2.45) is 0 Å². The average Bonchev–Trinajstić information content (AvgIpc) is 2.68. The summed E-state index contributed by atoms with van der Waals surface area (Å²) >= 11 is 1.56. The lowest BCUT2D eigenvalue weighted by Crippen LogP contribution is -2.69. The highest BCUT2D eigenvalue weighted by atomic mass is 32.1. The Bertz CT molecular complexity index is 310. The van der Waals surface area contributed by atoms with Gasteiger partial charge >= 0.3 is 0 Å². The molecule has 76 valence electrons. The van der Waals surface area contributed by atoms with Crippen molar-refractivity contribution < 1.29 is 4.74 Å². The summed E-state index contributed by atoms with van der Waals surface area (Å²) in [5.41, 5.74) is -0.00914. The zero-order valence-corrected chi connectivity index (χ0v) is 8.64. The second-order valence-electron chi connectivity index (χ2n) is 3.82. The van der Waals surface area contributed by atoms with Crippen molar-refractivity contribution in [2.75, 3.05) is 26.2 Å². The summed E-state index contributed by atoms with van der Waals surface area (Å²) < 4.78 is 10.0. The van der Waals surface area contributed by atoms with Crippen LogP contribution in [0.2, 0.25) is 0 Å². The van der Waals surface area contributed by atoms with E-state index < -0.39 is 0 Å². The van der Waals surface area contributed by atoms with Crippen molar-refractivity contribution in [2.45, 2.75) is 11.6 Å². The topological polar surface area (TPSA) is 46.2 Å². The van der Waals surface area contributed by atoms with Crippen LogP contribution in [0.1, 0.15) is 10.9 Å². The fourth-order valence-corrected chi connectivity index (χ4v) is 2.91. The third kappa shape index (κ3) is 1.20. The van der Waals surface area contributed by atoms with E-state index in [9.17, 15) is 0 Å². The summed E-state index contributed by atoms with van der Waals surface area (Å²) in [6.07, 6.45) is 1.86. The van der Waals surface area contributed by atoms with Gasteiger partial charge in [0.15, 0.2) is 0 Å². The molecule has 1 aromatic heterocycles. The summed E-state index contributed by atoms with van der Waals surface area (Å²) in [6.45, 7) is 3.65. The van der Waals surface area contributed by atoms with Gasteiger partial charge in [-0.15, -0.1) is 0 Å². The van der Waals surface area contributed by atoms with Crippen LogP contribution in [-0.2, 0) is 4.74 Å². The minimum Gasteiger partial charge on any atom is -0.369 e. The van der Waals surface area contributed by atoms with Crippen LogP contribution in [-0.4, -0.2) is 36.2 Å². The lowest BCUT2D eigenvalue weighted by Gasteiger charge is -2.50. The number of rotatable bonds is 1. The van der Waals surface area contributed by atoms with Gasteiger partial charge in [0, 0.05) is 30.7 Å². The average molecular weight is 211 g/mol. The number of aromatic nitrogens is 1. The SMILES string of the molecule is c1cc(C2NCCOC23CNC3)sn1. The molecular formula is C9H13N3OS. The van der Waals surface area contributed by atoms with E-state index in [-0.39, 0.29) is 5.60 Å². The second kappa shape index (κ2) is 3.27. The number of hydrogen-bond donors (Lipinski definition) is 2. The molecule has 2 fully saturated rings. The molecule has 1 spiro atoms. The molecule has 2 N–H and O–H groups in total. The number of nitrogens with zero attached hydrogens (tertiary/aromatic N) is 1. The van der Waals surface area contributed by atoms with E-state index in [1.54, 1.807) is 11.5 Å². The Kier molecular flexibility index (Phi) is 2.05. The molecule has 2 aliphatic rings. The molecule has 0 saturated carbocycles. The maximum atomic E-state index is 5.89. The maximum absolute atomic E-state index is 5.89. The number of nitrogens with one attached hydrogen (secondary N) is 2. The van der Waals surface area contributed by atoms with E-state index in [1.165, 1.54) is 4.88 Å². The quantitative estimate of drug-likeness (QED) is 0.694. The fraction of sp³-hybridized carbons (Fsp3) is 0.667. The summed E-state index contributed by atoms with van der Waals surface area (Å²) in [4.78, 5) is 1.28. The first-order valence-corrected chi connectivity index (χ1v) is 5.67. The number of hydrogen-bond acceptors (Lipinski definition) is 5. The molecule has 0 bridgehead atoms. The van der Waals surface area contributed by atoms with Crippen LogP contribution in [0.3, 0.4) is 0 Å². The highest BCUT2D eigenvalue weighted by molar-refractivity contribution is 7.05. The summed E-state index contributed by atoms with van der Waals surface area (Å²) in [6, 6.07) is 2.40. The van der Waals surface area contributed by atoms with Gasteiger partial charge in [-0.2, -0.15) is 0 Å². The van der Waals surface area contributed by atoms with Gasteiger partial charge in [-0.25, -0.2) is 4.37 Å². The van der Waals surface area contributed by atoms with E-state index >= 15 is 0 Å². The molecule has 3 heterocycles. The van der Waals surface area contributed by atoms with Crippen LogP contribution >= 0.6 is 11.5 Å². The van der Waals surface area contributed by atoms with E-state index in [2.05, 4.69) is 21.1 Å². The second-order valence-corrected chi connectivity index (χ2v) is 4.68. The third-order valence-corrected chi connectivity index (χ3v) is 3.77. The first-order valence-electron chi connectivity index (χ1n) is 4.89. The zero-order chi connectivity index (χ0) is 9.43. The molecule has 1 aromatic rings. The van der Waals surface area contributed by atoms with Gasteiger partial charge in [0.2, 0.25) is 0 Å². The van der Waals surface area contributed by atoms with Crippen molar-refractivity contribution in [1.82, 2.24) is 15.0 Å². The lowest BCUT2D eigenvalue weighted by atomic mass is 9.85. The lowest BCUT2D eigenvalue weighted by molar-refractivity contribution is -0.127. The molecule has 1 atom stereocenters. The minimum atomic E-state index is -0.00914. The smallest absolute Gasteiger partial charge is 0.113 e. The van der Waals surface area contributed by atoms with Crippen LogP contribution < -0.4 is 10.6 Å². The highest BCUT2D eigenvalue weighted by Gasteiger charge is 2.48. The first kappa shape index (κ1) is 8.79. The van der Waals surface area contributed by atoms with Gasteiger partial charge in [0.1, 0.15) is 5.60 Å². The number of ether oxygens (including phenoxy) is 1. The van der Waals surface area contributed by atoms with Crippen LogP contribution in [0, 0.1) is 0 Å². The minimum absolute atomic E-state index is 0.00914. The predicted molar refractivity (Wildman–Crippen MR) is 54.4 cm³/mol. The fourth-order valence-electron chi connectivity index (χ4n) is 2.14. The van der Waals surface area contributed by atoms with Gasteiger partial charge in [0.25, 0.3) is 0 Å². The molecular weight excluding hydrogens is 198 g/mol. The monoisotopic (exact) mass is 211 g/mol. The van der Waals surface area contributed by atoms with E-state index in [1.807, 2.05) is 6.20 Å². The first-order chi connectivity index (χ1) is 6.91. The Morgan fingerprint density at radius 1 is 1.57 bits per heavy atom. The Morgan fingerprint density at radius 3 is 3.14 bits per heavy atom. The standard InChI is InChI=1S/C9H13N3OS/c1-2-12-14-7(1)8-9(5-10-6-9)13-4-3-11-8/h1-2,8,10-11H,3-6H2. The normalized spacial score (nSPS) is 30.1. The Hall–Kier alpha value is -0.490. The van der Waals surface area contributed by atoms with Crippen LogP contribution in [0.4, 0.5) is 0 Å². The Labute approximate surface area is 86.8 Å². The van der Waals surface area contributed by atoms with Gasteiger partial charge in [-0.1, -0.05) is 0 Å². The Balaban J connectivity index is 1.88. The largest absolute Gasteiger partial charge is 0.369 e. The molecule has 0 aromatic carbocycles. The van der Waals surface area contributed by atoms with Crippen LogP contribution in [0.5, 0.6) is 0 Å². The summed E-state index contributed by atoms with van der Waals surface area (Å²) in [5, 5.41) is 6.80. The number of morpholine rings is 1. The van der Waals surface area contributed by atoms with Gasteiger partial charge in [-0.3, -0.25) is 0 Å². The molecule has 1 unspecified atom stereocenters. The molecule has 2 saturated heterocycles. The van der Waals surface area contributed by atoms with Crippen molar-refractivity contribution in [1.29, 1.82) is 0 Å². The molecule has 2 aliphatic heterocycles. The van der Waals surface area contributed by atoms with E-state index in [0.717, 1.165) is 26.2 Å². The van der Waals surface area contributed by atoms with Gasteiger partial charge < -0.3 is 15.4 Å². The van der Waals surface area contributed by atoms with Crippen molar-refractivity contribution in [3.8, 4) is 0 Å². The highest BCUT2D eigenvalue weighted by Crippen LogP contribution is 2.36. The van der Waals surface area contributed by atoms with Gasteiger partial charge in [0.05, 0.1) is 12.6 Å². The molecule has 3 rings (SSSR count). The summed E-state index contributed by atoms with van der Waals surface area (Å²) in [5.74, 6) is 0. The molecule has 14 heavy (non-hydrogen) atoms. The summed E-state index contributed by atoms with van der Waals surface area (Å²) in [7, 11) is 0. The maximum Gasteiger partial charge on any atom is 0.113 e. The van der Waals surface area contributed by atoms with E-state index in [4.69, 9.17) is 4.74 Å². The van der Waals surface area contributed by atoms with Crippen molar-refractivity contribution >= 4 is 11.5 Å². The molecule has 5 heteroatoms. The predicted octanol–water partition coefficient (Wildman–Crippen LogP) is 0.146. The molecule has 0 amide bonds. The van der Waals surface area contributed by atoms with Crippen LogP contribution in [0.15, 0.2) is 12.3 Å². The molecule has 4 nitrogen and oxygen atoms in total. The third-order valence-electron chi connectivity index (χ3n) is 2.96. The van der Waals surface area contributed by atoms with E-state index in [0.29, 0.717) is 6.04 Å². The van der Waals surface area contributed by atoms with Crippen molar-refractivity contribution in [3.05, 3.63) is 17.1 Å². The molecule has 0 radical (unpaired) electrons. The zero-order valence-electron chi connectivity index (χ0n) is 7.82. The van der Waals surface area contributed by atoms with Crippen LogP contribution in [0.25, 0.3) is 0 Å².